The summed E-state index contributed by atoms with van der Waals surface area (Å²) in [6, 6.07) is 7.96. The molecule has 0 aromatic heterocycles. The Morgan fingerprint density at radius 3 is 2.27 bits per heavy atom. The molecule has 1 aliphatic rings. The van der Waals surface area contributed by atoms with Gasteiger partial charge in [-0.15, -0.1) is 0 Å². The van der Waals surface area contributed by atoms with E-state index in [1.807, 2.05) is 31.2 Å². The van der Waals surface area contributed by atoms with E-state index in [1.54, 1.807) is 0 Å². The van der Waals surface area contributed by atoms with Crippen LogP contribution in [0.4, 0.5) is 0 Å². The van der Waals surface area contributed by atoms with Crippen molar-refractivity contribution in [2.45, 2.75) is 45.4 Å². The van der Waals surface area contributed by atoms with Crippen LogP contribution in [0.5, 0.6) is 0 Å². The molecule has 0 aliphatic carbocycles. The highest BCUT2D eigenvalue weighted by atomic mass is 32.2. The Morgan fingerprint density at radius 2 is 1.73 bits per heavy atom. The van der Waals surface area contributed by atoms with Crippen molar-refractivity contribution in [2.24, 2.45) is 5.92 Å². The molecule has 2 rings (SSSR count). The summed E-state index contributed by atoms with van der Waals surface area (Å²) in [6.45, 7) is 9.01. The van der Waals surface area contributed by atoms with Crippen molar-refractivity contribution < 1.29 is 8.42 Å². The summed E-state index contributed by atoms with van der Waals surface area (Å²) in [7, 11) is -3.28. The third-order valence-electron chi connectivity index (χ3n) is 4.37. The molecule has 0 spiro atoms. The summed E-state index contributed by atoms with van der Waals surface area (Å²) in [4.78, 5) is 2.42. The average Bonchev–Trinajstić information content (AvgIpc) is 2.95. The molecule has 22 heavy (non-hydrogen) atoms. The van der Waals surface area contributed by atoms with Gasteiger partial charge in [-0.3, -0.25) is 4.90 Å². The monoisotopic (exact) mass is 324 g/mol. The number of hydrogen-bond donors (Lipinski definition) is 1. The molecule has 1 fully saturated rings. The van der Waals surface area contributed by atoms with Gasteiger partial charge in [-0.25, -0.2) is 13.1 Å². The molecular weight excluding hydrogens is 296 g/mol. The van der Waals surface area contributed by atoms with Crippen molar-refractivity contribution in [1.29, 1.82) is 0 Å². The number of sulfonamides is 1. The SMILES string of the molecule is Cc1ccc(CS(=O)(=O)NCC(C(C)C)N2CCCC2)cc1. The normalized spacial score (nSPS) is 18.0. The van der Waals surface area contributed by atoms with Crippen molar-refractivity contribution in [2.75, 3.05) is 19.6 Å². The Kier molecular flexibility index (Phi) is 6.01. The minimum atomic E-state index is -3.28. The molecule has 1 heterocycles. The van der Waals surface area contributed by atoms with E-state index < -0.39 is 10.0 Å². The van der Waals surface area contributed by atoms with Gasteiger partial charge in [0.15, 0.2) is 0 Å². The third kappa shape index (κ3) is 5.07. The lowest BCUT2D eigenvalue weighted by Gasteiger charge is -2.30. The summed E-state index contributed by atoms with van der Waals surface area (Å²) < 4.78 is 27.4. The molecule has 1 aliphatic heterocycles. The lowest BCUT2D eigenvalue weighted by Crippen LogP contribution is -2.45. The van der Waals surface area contributed by atoms with Crippen LogP contribution in [0.1, 0.15) is 37.8 Å². The quantitative estimate of drug-likeness (QED) is 0.838. The van der Waals surface area contributed by atoms with Gasteiger partial charge in [0, 0.05) is 12.6 Å². The number of aryl methyl sites for hydroxylation is 1. The van der Waals surface area contributed by atoms with Crippen LogP contribution in [0.25, 0.3) is 0 Å². The van der Waals surface area contributed by atoms with Gasteiger partial charge in [-0.05, 0) is 44.3 Å². The molecule has 1 aromatic carbocycles. The smallest absolute Gasteiger partial charge is 0.215 e. The van der Waals surface area contributed by atoms with E-state index in [-0.39, 0.29) is 11.8 Å². The number of likely N-dealkylation sites (tertiary alicyclic amines) is 1. The standard InChI is InChI=1S/C17H28N2O2S/c1-14(2)17(19-10-4-5-11-19)12-18-22(20,21)13-16-8-6-15(3)7-9-16/h6-9,14,17-18H,4-5,10-13H2,1-3H3. The summed E-state index contributed by atoms with van der Waals surface area (Å²) in [5.41, 5.74) is 1.98. The zero-order valence-electron chi connectivity index (χ0n) is 13.9. The zero-order valence-corrected chi connectivity index (χ0v) is 14.7. The molecule has 1 aromatic rings. The van der Waals surface area contributed by atoms with Crippen LogP contribution in [0, 0.1) is 12.8 Å². The van der Waals surface area contributed by atoms with E-state index >= 15 is 0 Å². The van der Waals surface area contributed by atoms with Gasteiger partial charge in [0.05, 0.1) is 5.75 Å². The lowest BCUT2D eigenvalue weighted by molar-refractivity contribution is 0.193. The van der Waals surface area contributed by atoms with Gasteiger partial charge in [0.2, 0.25) is 10.0 Å². The molecule has 0 amide bonds. The molecule has 5 heteroatoms. The van der Waals surface area contributed by atoms with E-state index in [0.29, 0.717) is 12.5 Å². The molecule has 4 nitrogen and oxygen atoms in total. The van der Waals surface area contributed by atoms with Crippen LogP contribution in [0.2, 0.25) is 0 Å². The molecule has 0 saturated carbocycles. The van der Waals surface area contributed by atoms with Gasteiger partial charge in [-0.2, -0.15) is 0 Å². The van der Waals surface area contributed by atoms with Crippen LogP contribution < -0.4 is 4.72 Å². The minimum Gasteiger partial charge on any atom is -0.299 e. The third-order valence-corrected chi connectivity index (χ3v) is 5.69. The predicted molar refractivity (Wildman–Crippen MR) is 91.2 cm³/mol. The van der Waals surface area contributed by atoms with Gasteiger partial charge < -0.3 is 0 Å². The van der Waals surface area contributed by atoms with Crippen LogP contribution in [0.3, 0.4) is 0 Å². The maximum absolute atomic E-state index is 12.3. The summed E-state index contributed by atoms with van der Waals surface area (Å²) in [5, 5.41) is 0. The second-order valence-electron chi connectivity index (χ2n) is 6.65. The van der Waals surface area contributed by atoms with E-state index in [9.17, 15) is 8.42 Å². The largest absolute Gasteiger partial charge is 0.299 e. The van der Waals surface area contributed by atoms with Gasteiger partial charge in [-0.1, -0.05) is 43.7 Å². The first-order chi connectivity index (χ1) is 10.4. The molecule has 1 unspecified atom stereocenters. The van der Waals surface area contributed by atoms with Crippen molar-refractivity contribution in [3.05, 3.63) is 35.4 Å². The fourth-order valence-electron chi connectivity index (χ4n) is 3.03. The number of hydrogen-bond acceptors (Lipinski definition) is 3. The summed E-state index contributed by atoms with van der Waals surface area (Å²) in [5.74, 6) is 0.498. The highest BCUT2D eigenvalue weighted by Crippen LogP contribution is 2.17. The van der Waals surface area contributed by atoms with Crippen molar-refractivity contribution >= 4 is 10.0 Å². The first-order valence-corrected chi connectivity index (χ1v) is 9.79. The van der Waals surface area contributed by atoms with Gasteiger partial charge in [0.1, 0.15) is 0 Å². The zero-order chi connectivity index (χ0) is 16.2. The molecular formula is C17H28N2O2S. The maximum Gasteiger partial charge on any atom is 0.215 e. The van der Waals surface area contributed by atoms with Crippen LogP contribution in [-0.4, -0.2) is 39.0 Å². The van der Waals surface area contributed by atoms with Crippen molar-refractivity contribution in [3.63, 3.8) is 0 Å². The topological polar surface area (TPSA) is 49.4 Å². The number of nitrogens with one attached hydrogen (secondary N) is 1. The highest BCUT2D eigenvalue weighted by molar-refractivity contribution is 7.88. The van der Waals surface area contributed by atoms with Crippen LogP contribution in [0.15, 0.2) is 24.3 Å². The van der Waals surface area contributed by atoms with Gasteiger partial charge in [0.25, 0.3) is 0 Å². The molecule has 1 atom stereocenters. The number of benzene rings is 1. The fourth-order valence-corrected chi connectivity index (χ4v) is 4.18. The molecule has 0 radical (unpaired) electrons. The Labute approximate surface area is 135 Å². The Balaban J connectivity index is 1.94. The van der Waals surface area contributed by atoms with Crippen molar-refractivity contribution in [1.82, 2.24) is 9.62 Å². The maximum atomic E-state index is 12.3. The second kappa shape index (κ2) is 7.57. The van der Waals surface area contributed by atoms with E-state index in [2.05, 4.69) is 23.5 Å². The van der Waals surface area contributed by atoms with E-state index in [1.165, 1.54) is 12.8 Å². The summed E-state index contributed by atoms with van der Waals surface area (Å²) >= 11 is 0. The van der Waals surface area contributed by atoms with Crippen LogP contribution >= 0.6 is 0 Å². The van der Waals surface area contributed by atoms with Gasteiger partial charge >= 0.3 is 0 Å². The van der Waals surface area contributed by atoms with Crippen LogP contribution in [-0.2, 0) is 15.8 Å². The predicted octanol–water partition coefficient (Wildman–Crippen LogP) is 2.53. The molecule has 1 N–H and O–H groups in total. The summed E-state index contributed by atoms with van der Waals surface area (Å²) in [6.07, 6.45) is 2.44. The number of nitrogens with zero attached hydrogens (tertiary/aromatic N) is 1. The average molecular weight is 324 g/mol. The highest BCUT2D eigenvalue weighted by Gasteiger charge is 2.26. The van der Waals surface area contributed by atoms with Crippen molar-refractivity contribution in [3.8, 4) is 0 Å². The minimum absolute atomic E-state index is 0.0537. The molecule has 0 bridgehead atoms. The van der Waals surface area contributed by atoms with E-state index in [4.69, 9.17) is 0 Å². The second-order valence-corrected chi connectivity index (χ2v) is 8.45. The molecule has 124 valence electrons. The lowest BCUT2D eigenvalue weighted by atomic mass is 10.0. The fraction of sp³-hybridized carbons (Fsp3) is 0.647. The number of rotatable bonds is 7. The Morgan fingerprint density at radius 1 is 1.14 bits per heavy atom. The Bertz CT molecular complexity index is 561. The first-order valence-electron chi connectivity index (χ1n) is 8.14. The Hall–Kier alpha value is -0.910. The molecule has 1 saturated heterocycles. The first kappa shape index (κ1) is 17.4. The van der Waals surface area contributed by atoms with E-state index in [0.717, 1.165) is 24.2 Å².